The van der Waals surface area contributed by atoms with Crippen LogP contribution in [0.5, 0.6) is 0 Å². The van der Waals surface area contributed by atoms with Crippen LogP contribution in [-0.4, -0.2) is 51.8 Å². The van der Waals surface area contributed by atoms with Crippen molar-refractivity contribution in [2.24, 2.45) is 0 Å². The van der Waals surface area contributed by atoms with Gasteiger partial charge < -0.3 is 26.0 Å². The Morgan fingerprint density at radius 3 is 1.94 bits per heavy atom. The molecule has 0 aromatic rings. The monoisotopic (exact) mass is 262 g/mol. The standard InChI is InChI=1S/C9H14N2O7/c12-6(13)2-1-5(8(16)17)11-9(18)10-4-3-7(14)15/h5H,1-4H2,(H,12,13)(H,14,15)(H,16,17)(H2,10,11,18). The molecule has 1 atom stereocenters. The second kappa shape index (κ2) is 7.87. The van der Waals surface area contributed by atoms with Gasteiger partial charge in [0.05, 0.1) is 6.42 Å². The molecule has 102 valence electrons. The molecule has 0 aliphatic carbocycles. The van der Waals surface area contributed by atoms with Crippen molar-refractivity contribution in [3.05, 3.63) is 0 Å². The number of amides is 2. The van der Waals surface area contributed by atoms with E-state index in [9.17, 15) is 19.2 Å². The van der Waals surface area contributed by atoms with E-state index in [4.69, 9.17) is 15.3 Å². The molecule has 9 heteroatoms. The van der Waals surface area contributed by atoms with Gasteiger partial charge >= 0.3 is 23.9 Å². The van der Waals surface area contributed by atoms with Crippen LogP contribution in [-0.2, 0) is 14.4 Å². The molecule has 0 bridgehead atoms. The summed E-state index contributed by atoms with van der Waals surface area (Å²) in [5.41, 5.74) is 0. The summed E-state index contributed by atoms with van der Waals surface area (Å²) in [5.74, 6) is -3.63. The van der Waals surface area contributed by atoms with Crippen LogP contribution < -0.4 is 10.6 Å². The van der Waals surface area contributed by atoms with Gasteiger partial charge in [-0.1, -0.05) is 0 Å². The largest absolute Gasteiger partial charge is 0.481 e. The summed E-state index contributed by atoms with van der Waals surface area (Å²) in [6.07, 6.45) is -0.941. The van der Waals surface area contributed by atoms with E-state index in [0.29, 0.717) is 0 Å². The fourth-order valence-electron chi connectivity index (χ4n) is 1.02. The van der Waals surface area contributed by atoms with Gasteiger partial charge in [0, 0.05) is 13.0 Å². The van der Waals surface area contributed by atoms with Crippen molar-refractivity contribution in [1.82, 2.24) is 10.6 Å². The van der Waals surface area contributed by atoms with Gasteiger partial charge in [0.2, 0.25) is 0 Å². The molecule has 0 saturated carbocycles. The number of carboxylic acid groups (broad SMARTS) is 3. The number of hydrogen-bond acceptors (Lipinski definition) is 4. The first-order chi connectivity index (χ1) is 8.32. The van der Waals surface area contributed by atoms with E-state index in [2.05, 4.69) is 5.32 Å². The molecule has 0 saturated heterocycles. The minimum atomic E-state index is -1.36. The average Bonchev–Trinajstić information content (AvgIpc) is 2.22. The Morgan fingerprint density at radius 2 is 1.50 bits per heavy atom. The van der Waals surface area contributed by atoms with E-state index >= 15 is 0 Å². The van der Waals surface area contributed by atoms with Crippen molar-refractivity contribution >= 4 is 23.9 Å². The Balaban J connectivity index is 4.07. The number of carbonyl (C=O) groups is 4. The molecule has 0 aromatic carbocycles. The van der Waals surface area contributed by atoms with Crippen LogP contribution in [0.15, 0.2) is 0 Å². The van der Waals surface area contributed by atoms with E-state index in [1.54, 1.807) is 0 Å². The Morgan fingerprint density at radius 1 is 0.944 bits per heavy atom. The Bertz CT molecular complexity index is 342. The van der Waals surface area contributed by atoms with Crippen LogP contribution >= 0.6 is 0 Å². The maximum absolute atomic E-state index is 11.2. The predicted molar refractivity (Wildman–Crippen MR) is 57.1 cm³/mol. The smallest absolute Gasteiger partial charge is 0.326 e. The lowest BCUT2D eigenvalue weighted by atomic mass is 10.1. The molecule has 0 aliphatic rings. The van der Waals surface area contributed by atoms with Crippen LogP contribution in [0.2, 0.25) is 0 Å². The molecular weight excluding hydrogens is 248 g/mol. The van der Waals surface area contributed by atoms with E-state index in [0.717, 1.165) is 0 Å². The van der Waals surface area contributed by atoms with E-state index in [1.807, 2.05) is 5.32 Å². The van der Waals surface area contributed by atoms with Crippen molar-refractivity contribution < 1.29 is 34.5 Å². The lowest BCUT2D eigenvalue weighted by molar-refractivity contribution is -0.141. The molecule has 0 heterocycles. The molecule has 9 nitrogen and oxygen atoms in total. The maximum Gasteiger partial charge on any atom is 0.326 e. The molecule has 0 radical (unpaired) electrons. The van der Waals surface area contributed by atoms with Crippen LogP contribution in [0.3, 0.4) is 0 Å². The quantitative estimate of drug-likeness (QED) is 0.379. The van der Waals surface area contributed by atoms with Gasteiger partial charge in [0.25, 0.3) is 0 Å². The summed E-state index contributed by atoms with van der Waals surface area (Å²) < 4.78 is 0. The predicted octanol–water partition coefficient (Wildman–Crippen LogP) is -0.922. The molecule has 0 aliphatic heterocycles. The molecular formula is C9H14N2O7. The van der Waals surface area contributed by atoms with Gasteiger partial charge in [0.15, 0.2) is 0 Å². The van der Waals surface area contributed by atoms with Crippen LogP contribution in [0, 0.1) is 0 Å². The van der Waals surface area contributed by atoms with Crippen LogP contribution in [0.25, 0.3) is 0 Å². The highest BCUT2D eigenvalue weighted by Gasteiger charge is 2.20. The minimum absolute atomic E-state index is 0.146. The summed E-state index contributed by atoms with van der Waals surface area (Å²) in [6, 6.07) is -2.18. The van der Waals surface area contributed by atoms with Crippen LogP contribution in [0.1, 0.15) is 19.3 Å². The molecule has 0 spiro atoms. The summed E-state index contributed by atoms with van der Waals surface area (Å²) in [7, 11) is 0. The third-order valence-corrected chi connectivity index (χ3v) is 1.87. The summed E-state index contributed by atoms with van der Waals surface area (Å²) in [4.78, 5) is 42.3. The third-order valence-electron chi connectivity index (χ3n) is 1.87. The van der Waals surface area contributed by atoms with Gasteiger partial charge in [-0.3, -0.25) is 9.59 Å². The molecule has 2 amide bonds. The number of carboxylic acids is 3. The van der Waals surface area contributed by atoms with Crippen LogP contribution in [0.4, 0.5) is 4.79 Å². The Labute approximate surface area is 102 Å². The zero-order valence-corrected chi connectivity index (χ0v) is 9.38. The lowest BCUT2D eigenvalue weighted by Crippen LogP contribution is -2.46. The third kappa shape index (κ3) is 7.91. The zero-order chi connectivity index (χ0) is 14.1. The number of rotatable bonds is 8. The highest BCUT2D eigenvalue weighted by molar-refractivity contribution is 5.83. The highest BCUT2D eigenvalue weighted by Crippen LogP contribution is 1.97. The van der Waals surface area contributed by atoms with Crippen molar-refractivity contribution in [2.45, 2.75) is 25.3 Å². The number of aliphatic carboxylic acids is 3. The molecule has 5 N–H and O–H groups in total. The SMILES string of the molecule is O=C(O)CCNC(=O)NC(CCC(=O)O)C(=O)O. The second-order valence-corrected chi connectivity index (χ2v) is 3.37. The van der Waals surface area contributed by atoms with Crippen molar-refractivity contribution in [3.63, 3.8) is 0 Å². The molecule has 1 unspecified atom stereocenters. The van der Waals surface area contributed by atoms with Crippen molar-refractivity contribution in [1.29, 1.82) is 0 Å². The first kappa shape index (κ1) is 15.7. The van der Waals surface area contributed by atoms with Crippen molar-refractivity contribution in [3.8, 4) is 0 Å². The summed E-state index contributed by atoms with van der Waals surface area (Å²) in [6.45, 7) is -0.146. The number of urea groups is 1. The second-order valence-electron chi connectivity index (χ2n) is 3.37. The van der Waals surface area contributed by atoms with E-state index < -0.39 is 36.4 Å². The number of nitrogens with one attached hydrogen (secondary N) is 2. The summed E-state index contributed by atoms with van der Waals surface area (Å²) >= 11 is 0. The van der Waals surface area contributed by atoms with E-state index in [-0.39, 0.29) is 19.4 Å². The lowest BCUT2D eigenvalue weighted by Gasteiger charge is -2.13. The molecule has 18 heavy (non-hydrogen) atoms. The van der Waals surface area contributed by atoms with Gasteiger partial charge in [-0.25, -0.2) is 9.59 Å². The van der Waals surface area contributed by atoms with Gasteiger partial charge in [-0.2, -0.15) is 0 Å². The van der Waals surface area contributed by atoms with E-state index in [1.165, 1.54) is 0 Å². The van der Waals surface area contributed by atoms with Gasteiger partial charge in [-0.15, -0.1) is 0 Å². The number of hydrogen-bond donors (Lipinski definition) is 5. The Kier molecular flexibility index (Phi) is 6.86. The number of carbonyl (C=O) groups excluding carboxylic acids is 1. The topological polar surface area (TPSA) is 153 Å². The molecule has 0 fully saturated rings. The first-order valence-corrected chi connectivity index (χ1v) is 5.03. The average molecular weight is 262 g/mol. The fraction of sp³-hybridized carbons (Fsp3) is 0.556. The van der Waals surface area contributed by atoms with Gasteiger partial charge in [-0.05, 0) is 6.42 Å². The highest BCUT2D eigenvalue weighted by atomic mass is 16.4. The first-order valence-electron chi connectivity index (χ1n) is 5.03. The normalized spacial score (nSPS) is 11.3. The molecule has 0 rings (SSSR count). The summed E-state index contributed by atoms with van der Waals surface area (Å²) in [5, 5.41) is 29.6. The maximum atomic E-state index is 11.2. The van der Waals surface area contributed by atoms with Gasteiger partial charge in [0.1, 0.15) is 6.04 Å². The Hall–Kier alpha value is -2.32. The minimum Gasteiger partial charge on any atom is -0.481 e. The molecule has 0 aromatic heterocycles. The fourth-order valence-corrected chi connectivity index (χ4v) is 1.02. The zero-order valence-electron chi connectivity index (χ0n) is 9.38. The van der Waals surface area contributed by atoms with Crippen molar-refractivity contribution in [2.75, 3.05) is 6.54 Å².